The van der Waals surface area contributed by atoms with Crippen molar-refractivity contribution in [1.29, 1.82) is 0 Å². The molecular formula is C19H16ClFN4O2. The van der Waals surface area contributed by atoms with Gasteiger partial charge < -0.3 is 15.4 Å². The number of anilines is 2. The van der Waals surface area contributed by atoms with Crippen LogP contribution in [0.3, 0.4) is 0 Å². The second-order valence-electron chi connectivity index (χ2n) is 5.58. The second-order valence-corrected chi connectivity index (χ2v) is 6.02. The second kappa shape index (κ2) is 8.46. The molecule has 1 amide bonds. The third-order valence-electron chi connectivity index (χ3n) is 3.69. The van der Waals surface area contributed by atoms with Crippen molar-refractivity contribution in [2.75, 3.05) is 17.7 Å². The minimum Gasteiger partial charge on any atom is -0.495 e. The van der Waals surface area contributed by atoms with Gasteiger partial charge in [0.1, 0.15) is 17.4 Å². The number of hydrogen-bond acceptors (Lipinski definition) is 5. The molecule has 0 fully saturated rings. The molecule has 27 heavy (non-hydrogen) atoms. The van der Waals surface area contributed by atoms with Gasteiger partial charge >= 0.3 is 0 Å². The van der Waals surface area contributed by atoms with E-state index in [1.807, 2.05) is 0 Å². The van der Waals surface area contributed by atoms with Crippen LogP contribution in [0.4, 0.5) is 15.9 Å². The standard InChI is InChI=1S/C19H16ClFN4O2/c1-27-17-8-4-13(20)10-16(17)23-19(26)15-7-9-18(25-24-15)22-11-12-2-5-14(21)6-3-12/h2-10H,11H2,1H3,(H,22,25)(H,23,26). The number of methoxy groups -OCH3 is 1. The van der Waals surface area contributed by atoms with Crippen molar-refractivity contribution in [3.05, 3.63) is 76.7 Å². The molecule has 1 heterocycles. The van der Waals surface area contributed by atoms with Crippen LogP contribution in [0.25, 0.3) is 0 Å². The van der Waals surface area contributed by atoms with E-state index in [9.17, 15) is 9.18 Å². The number of hydrogen-bond donors (Lipinski definition) is 2. The maximum Gasteiger partial charge on any atom is 0.276 e. The maximum atomic E-state index is 12.9. The zero-order valence-corrected chi connectivity index (χ0v) is 15.1. The van der Waals surface area contributed by atoms with E-state index >= 15 is 0 Å². The number of nitrogens with zero attached hydrogens (tertiary/aromatic N) is 2. The zero-order valence-electron chi connectivity index (χ0n) is 14.4. The first-order chi connectivity index (χ1) is 13.0. The number of amides is 1. The summed E-state index contributed by atoms with van der Waals surface area (Å²) < 4.78 is 18.1. The molecule has 0 aliphatic heterocycles. The van der Waals surface area contributed by atoms with Crippen molar-refractivity contribution >= 4 is 29.0 Å². The highest BCUT2D eigenvalue weighted by Crippen LogP contribution is 2.28. The van der Waals surface area contributed by atoms with Gasteiger partial charge in [0.25, 0.3) is 5.91 Å². The van der Waals surface area contributed by atoms with Crippen molar-refractivity contribution in [1.82, 2.24) is 10.2 Å². The number of benzene rings is 2. The minimum atomic E-state index is -0.437. The smallest absolute Gasteiger partial charge is 0.276 e. The molecule has 2 aromatic carbocycles. The topological polar surface area (TPSA) is 76.1 Å². The van der Waals surface area contributed by atoms with E-state index in [-0.39, 0.29) is 11.5 Å². The summed E-state index contributed by atoms with van der Waals surface area (Å²) >= 11 is 5.95. The molecule has 3 rings (SSSR count). The lowest BCUT2D eigenvalue weighted by Crippen LogP contribution is -2.15. The largest absolute Gasteiger partial charge is 0.495 e. The Morgan fingerprint density at radius 1 is 1.11 bits per heavy atom. The van der Waals surface area contributed by atoms with Crippen molar-refractivity contribution in [2.45, 2.75) is 6.54 Å². The first-order valence-corrected chi connectivity index (χ1v) is 8.40. The molecule has 0 spiro atoms. The van der Waals surface area contributed by atoms with Crippen molar-refractivity contribution < 1.29 is 13.9 Å². The van der Waals surface area contributed by atoms with Gasteiger partial charge in [-0.1, -0.05) is 23.7 Å². The molecular weight excluding hydrogens is 371 g/mol. The summed E-state index contributed by atoms with van der Waals surface area (Å²) in [5.74, 6) is 0.257. The molecule has 6 nitrogen and oxygen atoms in total. The summed E-state index contributed by atoms with van der Waals surface area (Å²) in [6.45, 7) is 0.459. The van der Waals surface area contributed by atoms with E-state index < -0.39 is 5.91 Å². The van der Waals surface area contributed by atoms with Gasteiger partial charge in [-0.15, -0.1) is 10.2 Å². The van der Waals surface area contributed by atoms with Gasteiger partial charge in [-0.05, 0) is 48.0 Å². The number of ether oxygens (including phenoxy) is 1. The minimum absolute atomic E-state index is 0.143. The quantitative estimate of drug-likeness (QED) is 0.665. The van der Waals surface area contributed by atoms with Crippen LogP contribution in [0.5, 0.6) is 5.75 Å². The van der Waals surface area contributed by atoms with Crippen molar-refractivity contribution in [3.8, 4) is 5.75 Å². The lowest BCUT2D eigenvalue weighted by atomic mass is 10.2. The third kappa shape index (κ3) is 4.92. The highest BCUT2D eigenvalue weighted by Gasteiger charge is 2.12. The Morgan fingerprint density at radius 3 is 2.56 bits per heavy atom. The first-order valence-electron chi connectivity index (χ1n) is 8.02. The SMILES string of the molecule is COc1ccc(Cl)cc1NC(=O)c1ccc(NCc2ccc(F)cc2)nn1. The van der Waals surface area contributed by atoms with Gasteiger partial charge in [0.05, 0.1) is 12.8 Å². The normalized spacial score (nSPS) is 10.3. The Morgan fingerprint density at radius 2 is 1.89 bits per heavy atom. The van der Waals surface area contributed by atoms with Crippen LogP contribution >= 0.6 is 11.6 Å². The van der Waals surface area contributed by atoms with Gasteiger partial charge in [-0.3, -0.25) is 4.79 Å². The van der Waals surface area contributed by atoms with Crippen LogP contribution in [-0.4, -0.2) is 23.2 Å². The Kier molecular flexibility index (Phi) is 5.83. The number of carbonyl (C=O) groups excluding carboxylic acids is 1. The van der Waals surface area contributed by atoms with Crippen LogP contribution < -0.4 is 15.4 Å². The van der Waals surface area contributed by atoms with Crippen LogP contribution in [0.15, 0.2) is 54.6 Å². The molecule has 2 N–H and O–H groups in total. The summed E-state index contributed by atoms with van der Waals surface area (Å²) in [4.78, 5) is 12.3. The monoisotopic (exact) mass is 386 g/mol. The molecule has 3 aromatic rings. The average molecular weight is 387 g/mol. The molecule has 0 aliphatic rings. The number of carbonyl (C=O) groups is 1. The molecule has 0 saturated carbocycles. The van der Waals surface area contributed by atoms with E-state index in [0.29, 0.717) is 28.8 Å². The molecule has 0 bridgehead atoms. The average Bonchev–Trinajstić information content (AvgIpc) is 2.68. The van der Waals surface area contributed by atoms with Gasteiger partial charge in [-0.2, -0.15) is 0 Å². The van der Waals surface area contributed by atoms with Crippen LogP contribution in [0.2, 0.25) is 5.02 Å². The van der Waals surface area contributed by atoms with E-state index in [0.717, 1.165) is 5.56 Å². The summed E-state index contributed by atoms with van der Waals surface area (Å²) in [5.41, 5.74) is 1.48. The van der Waals surface area contributed by atoms with Crippen LogP contribution in [-0.2, 0) is 6.54 Å². The highest BCUT2D eigenvalue weighted by molar-refractivity contribution is 6.31. The summed E-state index contributed by atoms with van der Waals surface area (Å²) in [6.07, 6.45) is 0. The van der Waals surface area contributed by atoms with Crippen LogP contribution in [0, 0.1) is 5.82 Å². The fourth-order valence-electron chi connectivity index (χ4n) is 2.31. The number of rotatable bonds is 6. The Balaban J connectivity index is 1.63. The Labute approximate surface area is 160 Å². The lowest BCUT2D eigenvalue weighted by Gasteiger charge is -2.10. The van der Waals surface area contributed by atoms with Crippen LogP contribution in [0.1, 0.15) is 16.1 Å². The highest BCUT2D eigenvalue weighted by atomic mass is 35.5. The molecule has 0 aliphatic carbocycles. The molecule has 0 radical (unpaired) electrons. The lowest BCUT2D eigenvalue weighted by molar-refractivity contribution is 0.102. The van der Waals surface area contributed by atoms with Gasteiger partial charge in [0.2, 0.25) is 0 Å². The molecule has 0 saturated heterocycles. The molecule has 138 valence electrons. The van der Waals surface area contributed by atoms with E-state index in [1.54, 1.807) is 42.5 Å². The van der Waals surface area contributed by atoms with E-state index in [4.69, 9.17) is 16.3 Å². The van der Waals surface area contributed by atoms with E-state index in [2.05, 4.69) is 20.8 Å². The number of halogens is 2. The Hall–Kier alpha value is -3.19. The summed E-state index contributed by atoms with van der Waals surface area (Å²) in [5, 5.41) is 14.1. The number of nitrogens with one attached hydrogen (secondary N) is 2. The molecule has 1 aromatic heterocycles. The Bertz CT molecular complexity index is 933. The fourth-order valence-corrected chi connectivity index (χ4v) is 2.48. The first kappa shape index (κ1) is 18.6. The predicted molar refractivity (Wildman–Crippen MR) is 102 cm³/mol. The van der Waals surface area contributed by atoms with Gasteiger partial charge in [0.15, 0.2) is 5.69 Å². The zero-order chi connectivity index (χ0) is 19.2. The summed E-state index contributed by atoms with van der Waals surface area (Å²) in [7, 11) is 1.50. The molecule has 8 heteroatoms. The molecule has 0 unspecified atom stereocenters. The maximum absolute atomic E-state index is 12.9. The van der Waals surface area contributed by atoms with E-state index in [1.165, 1.54) is 19.2 Å². The third-order valence-corrected chi connectivity index (χ3v) is 3.93. The van der Waals surface area contributed by atoms with Crippen molar-refractivity contribution in [2.24, 2.45) is 0 Å². The summed E-state index contributed by atoms with van der Waals surface area (Å²) in [6, 6.07) is 14.2. The molecule has 0 atom stereocenters. The van der Waals surface area contributed by atoms with Gasteiger partial charge in [-0.25, -0.2) is 4.39 Å². The fraction of sp³-hybridized carbons (Fsp3) is 0.105. The number of aromatic nitrogens is 2. The predicted octanol–water partition coefficient (Wildman–Crippen LogP) is 4.14. The van der Waals surface area contributed by atoms with Crippen molar-refractivity contribution in [3.63, 3.8) is 0 Å². The van der Waals surface area contributed by atoms with Gasteiger partial charge in [0, 0.05) is 11.6 Å².